The minimum absolute atomic E-state index is 0.0293. The third-order valence-corrected chi connectivity index (χ3v) is 4.29. The van der Waals surface area contributed by atoms with E-state index >= 15 is 0 Å². The van der Waals surface area contributed by atoms with E-state index in [1.54, 1.807) is 0 Å². The van der Waals surface area contributed by atoms with Crippen LogP contribution in [0.1, 0.15) is 52.9 Å². The van der Waals surface area contributed by atoms with Gasteiger partial charge in [-0.2, -0.15) is 0 Å². The van der Waals surface area contributed by atoms with Gasteiger partial charge in [0.25, 0.3) is 0 Å². The molecule has 3 atom stereocenters. The molecule has 0 radical (unpaired) electrons. The largest absolute Gasteiger partial charge is 0.350 e. The molecule has 0 spiro atoms. The normalized spacial score (nSPS) is 29.3. The molecule has 4 nitrogen and oxygen atoms in total. The molecule has 108 valence electrons. The summed E-state index contributed by atoms with van der Waals surface area (Å²) in [5.41, 5.74) is -0.244. The van der Waals surface area contributed by atoms with Crippen LogP contribution in [0.5, 0.6) is 0 Å². The molecule has 2 saturated carbocycles. The Morgan fingerprint density at radius 3 is 2.37 bits per heavy atom. The Morgan fingerprint density at radius 2 is 1.84 bits per heavy atom. The van der Waals surface area contributed by atoms with Crippen molar-refractivity contribution in [2.75, 3.05) is 6.54 Å². The van der Waals surface area contributed by atoms with Crippen molar-refractivity contribution in [2.24, 2.45) is 17.8 Å². The van der Waals surface area contributed by atoms with Gasteiger partial charge in [-0.05, 0) is 57.8 Å². The first kappa shape index (κ1) is 14.4. The lowest BCUT2D eigenvalue weighted by Crippen LogP contribution is -2.46. The molecule has 0 aliphatic heterocycles. The summed E-state index contributed by atoms with van der Waals surface area (Å²) in [6.07, 6.45) is 5.79. The van der Waals surface area contributed by atoms with E-state index in [0.717, 1.165) is 11.8 Å². The predicted octanol–water partition coefficient (Wildman–Crippen LogP) is 1.84. The highest BCUT2D eigenvalue weighted by Crippen LogP contribution is 2.49. The first-order chi connectivity index (χ1) is 8.83. The van der Waals surface area contributed by atoms with Crippen molar-refractivity contribution < 1.29 is 9.59 Å². The van der Waals surface area contributed by atoms with Crippen LogP contribution in [0.2, 0.25) is 0 Å². The fourth-order valence-corrected chi connectivity index (χ4v) is 3.58. The molecule has 2 aliphatic carbocycles. The number of amides is 2. The third-order valence-electron chi connectivity index (χ3n) is 4.29. The fourth-order valence-electron chi connectivity index (χ4n) is 3.58. The van der Waals surface area contributed by atoms with Gasteiger partial charge < -0.3 is 10.6 Å². The first-order valence-corrected chi connectivity index (χ1v) is 7.41. The van der Waals surface area contributed by atoms with Crippen molar-refractivity contribution in [3.05, 3.63) is 0 Å². The maximum absolute atomic E-state index is 11.9. The van der Waals surface area contributed by atoms with Gasteiger partial charge in [-0.1, -0.05) is 6.42 Å². The average Bonchev–Trinajstić information content (AvgIpc) is 2.85. The summed E-state index contributed by atoms with van der Waals surface area (Å²) >= 11 is 0. The summed E-state index contributed by atoms with van der Waals surface area (Å²) in [4.78, 5) is 23.5. The molecule has 19 heavy (non-hydrogen) atoms. The van der Waals surface area contributed by atoms with Gasteiger partial charge in [0.15, 0.2) is 0 Å². The second-order valence-corrected chi connectivity index (χ2v) is 7.21. The lowest BCUT2D eigenvalue weighted by molar-refractivity contribution is -0.127. The molecule has 2 N–H and O–H groups in total. The second-order valence-electron chi connectivity index (χ2n) is 7.21. The van der Waals surface area contributed by atoms with Crippen LogP contribution in [0.3, 0.4) is 0 Å². The van der Waals surface area contributed by atoms with E-state index in [4.69, 9.17) is 0 Å². The van der Waals surface area contributed by atoms with Gasteiger partial charge in [-0.25, -0.2) is 0 Å². The fraction of sp³-hybridized carbons (Fsp3) is 0.867. The molecule has 0 aromatic heterocycles. The highest BCUT2D eigenvalue weighted by molar-refractivity contribution is 5.85. The van der Waals surface area contributed by atoms with Crippen LogP contribution in [-0.2, 0) is 9.59 Å². The Kier molecular flexibility index (Phi) is 4.16. The number of rotatable bonds is 4. The SMILES string of the molecule is CC(C)(C)NC(=O)CNC(=O)CC1CC2CCC1C2. The van der Waals surface area contributed by atoms with Crippen molar-refractivity contribution in [1.82, 2.24) is 10.6 Å². The maximum Gasteiger partial charge on any atom is 0.239 e. The molecule has 0 saturated heterocycles. The van der Waals surface area contributed by atoms with E-state index in [9.17, 15) is 9.59 Å². The third kappa shape index (κ3) is 4.22. The van der Waals surface area contributed by atoms with Crippen molar-refractivity contribution in [3.8, 4) is 0 Å². The van der Waals surface area contributed by atoms with Crippen LogP contribution < -0.4 is 10.6 Å². The van der Waals surface area contributed by atoms with Gasteiger partial charge in [-0.3, -0.25) is 9.59 Å². The Morgan fingerprint density at radius 1 is 1.11 bits per heavy atom. The van der Waals surface area contributed by atoms with Crippen molar-refractivity contribution >= 4 is 11.8 Å². The van der Waals surface area contributed by atoms with Gasteiger partial charge in [0.05, 0.1) is 6.54 Å². The maximum atomic E-state index is 11.9. The Labute approximate surface area is 115 Å². The highest BCUT2D eigenvalue weighted by Gasteiger charge is 2.40. The van der Waals surface area contributed by atoms with Crippen molar-refractivity contribution in [3.63, 3.8) is 0 Å². The smallest absolute Gasteiger partial charge is 0.239 e. The lowest BCUT2D eigenvalue weighted by Gasteiger charge is -2.22. The number of hydrogen-bond acceptors (Lipinski definition) is 2. The molecule has 2 aliphatic rings. The molecule has 2 amide bonds. The zero-order chi connectivity index (χ0) is 14.0. The van der Waals surface area contributed by atoms with E-state index in [-0.39, 0.29) is 23.9 Å². The zero-order valence-electron chi connectivity index (χ0n) is 12.3. The average molecular weight is 266 g/mol. The monoisotopic (exact) mass is 266 g/mol. The zero-order valence-corrected chi connectivity index (χ0v) is 12.3. The highest BCUT2D eigenvalue weighted by atomic mass is 16.2. The van der Waals surface area contributed by atoms with Crippen LogP contribution in [0.15, 0.2) is 0 Å². The van der Waals surface area contributed by atoms with E-state index in [0.29, 0.717) is 12.3 Å². The number of nitrogens with one attached hydrogen (secondary N) is 2. The number of carbonyl (C=O) groups excluding carboxylic acids is 2. The standard InChI is InChI=1S/C15H26N2O2/c1-15(2,3)17-14(19)9-16-13(18)8-12-7-10-4-5-11(12)6-10/h10-12H,4-9H2,1-3H3,(H,16,18)(H,17,19). The second kappa shape index (κ2) is 5.51. The molecule has 2 rings (SSSR count). The molecule has 0 aromatic rings. The van der Waals surface area contributed by atoms with E-state index in [1.165, 1.54) is 25.7 Å². The first-order valence-electron chi connectivity index (χ1n) is 7.41. The van der Waals surface area contributed by atoms with Crippen LogP contribution >= 0.6 is 0 Å². The van der Waals surface area contributed by atoms with E-state index < -0.39 is 0 Å². The van der Waals surface area contributed by atoms with Crippen LogP contribution in [-0.4, -0.2) is 23.9 Å². The summed E-state index contributed by atoms with van der Waals surface area (Å²) in [5.74, 6) is 2.10. The minimum Gasteiger partial charge on any atom is -0.350 e. The quantitative estimate of drug-likeness (QED) is 0.816. The summed E-state index contributed by atoms with van der Waals surface area (Å²) in [7, 11) is 0. The summed E-state index contributed by atoms with van der Waals surface area (Å²) in [6.45, 7) is 5.89. The number of carbonyl (C=O) groups is 2. The topological polar surface area (TPSA) is 58.2 Å². The Balaban J connectivity index is 1.66. The van der Waals surface area contributed by atoms with Crippen LogP contribution in [0.4, 0.5) is 0 Å². The van der Waals surface area contributed by atoms with Gasteiger partial charge in [0, 0.05) is 12.0 Å². The molecule has 0 aromatic carbocycles. The molecular weight excluding hydrogens is 240 g/mol. The Hall–Kier alpha value is -1.06. The molecule has 0 heterocycles. The van der Waals surface area contributed by atoms with E-state index in [1.807, 2.05) is 20.8 Å². The van der Waals surface area contributed by atoms with E-state index in [2.05, 4.69) is 10.6 Å². The van der Waals surface area contributed by atoms with Gasteiger partial charge in [0.2, 0.25) is 11.8 Å². The number of fused-ring (bicyclic) bond motifs is 2. The summed E-state index contributed by atoms with van der Waals surface area (Å²) in [5, 5.41) is 5.58. The van der Waals surface area contributed by atoms with Crippen LogP contribution in [0.25, 0.3) is 0 Å². The molecule has 2 fully saturated rings. The van der Waals surface area contributed by atoms with Gasteiger partial charge in [-0.15, -0.1) is 0 Å². The van der Waals surface area contributed by atoms with Gasteiger partial charge >= 0.3 is 0 Å². The Bertz CT molecular complexity index is 360. The minimum atomic E-state index is -0.244. The lowest BCUT2D eigenvalue weighted by atomic mass is 9.86. The van der Waals surface area contributed by atoms with Crippen molar-refractivity contribution in [1.29, 1.82) is 0 Å². The molecule has 4 heteroatoms. The van der Waals surface area contributed by atoms with Crippen molar-refractivity contribution in [2.45, 2.75) is 58.4 Å². The predicted molar refractivity (Wildman–Crippen MR) is 74.5 cm³/mol. The molecule has 2 bridgehead atoms. The summed E-state index contributed by atoms with van der Waals surface area (Å²) < 4.78 is 0. The summed E-state index contributed by atoms with van der Waals surface area (Å²) in [6, 6.07) is 0. The number of hydrogen-bond donors (Lipinski definition) is 2. The van der Waals surface area contributed by atoms with Gasteiger partial charge in [0.1, 0.15) is 0 Å². The molecular formula is C15H26N2O2. The van der Waals surface area contributed by atoms with Crippen LogP contribution in [0, 0.1) is 17.8 Å². The molecule has 3 unspecified atom stereocenters.